The van der Waals surface area contributed by atoms with Gasteiger partial charge in [-0.25, -0.2) is 4.79 Å². The quantitative estimate of drug-likeness (QED) is 0.801. The summed E-state index contributed by atoms with van der Waals surface area (Å²) in [6.45, 7) is 5.38. The number of anilines is 1. The highest BCUT2D eigenvalue weighted by atomic mass is 16.6. The number of hydrogen-bond acceptors (Lipinski definition) is 4. The van der Waals surface area contributed by atoms with E-state index in [1.54, 1.807) is 39.2 Å². The predicted molar refractivity (Wildman–Crippen MR) is 72.7 cm³/mol. The molecule has 19 heavy (non-hydrogen) atoms. The minimum absolute atomic E-state index is 0.00207. The summed E-state index contributed by atoms with van der Waals surface area (Å²) in [6.07, 6.45) is 2.95. The van der Waals surface area contributed by atoms with Gasteiger partial charge in [-0.2, -0.15) is 0 Å². The summed E-state index contributed by atoms with van der Waals surface area (Å²) in [7, 11) is 0. The van der Waals surface area contributed by atoms with Crippen LogP contribution >= 0.6 is 0 Å². The molecule has 0 aliphatic carbocycles. The molecule has 102 valence electrons. The first-order valence-electron chi connectivity index (χ1n) is 5.96. The molecule has 1 aromatic heterocycles. The third kappa shape index (κ3) is 5.89. The second kappa shape index (κ2) is 6.76. The van der Waals surface area contributed by atoms with Crippen LogP contribution in [0.2, 0.25) is 0 Å². The van der Waals surface area contributed by atoms with Crippen molar-refractivity contribution in [1.82, 2.24) is 4.98 Å². The van der Waals surface area contributed by atoms with Gasteiger partial charge in [-0.15, -0.1) is 0 Å². The molecular weight excluding hydrogens is 244 g/mol. The Bertz CT molecular complexity index is 495. The van der Waals surface area contributed by atoms with Crippen LogP contribution in [0.15, 0.2) is 18.5 Å². The molecule has 1 amide bonds. The van der Waals surface area contributed by atoms with Gasteiger partial charge in [0.2, 0.25) is 0 Å². The van der Waals surface area contributed by atoms with Crippen LogP contribution < -0.4 is 5.32 Å². The minimum atomic E-state index is -0.556. The number of rotatable bonds is 2. The van der Waals surface area contributed by atoms with Gasteiger partial charge in [-0.05, 0) is 26.8 Å². The molecule has 0 saturated heterocycles. The molecule has 0 radical (unpaired) electrons. The Morgan fingerprint density at radius 1 is 1.53 bits per heavy atom. The number of ether oxygens (including phenoxy) is 1. The van der Waals surface area contributed by atoms with E-state index in [1.807, 2.05) is 0 Å². The predicted octanol–water partition coefficient (Wildman–Crippen LogP) is 2.16. The zero-order valence-corrected chi connectivity index (χ0v) is 11.4. The first-order valence-corrected chi connectivity index (χ1v) is 5.96. The molecule has 1 aromatic rings. The number of hydrogen-bond donors (Lipinski definition) is 2. The lowest BCUT2D eigenvalue weighted by Gasteiger charge is -2.19. The maximum Gasteiger partial charge on any atom is 0.412 e. The molecule has 0 atom stereocenters. The standard InChI is InChI=1S/C14H18N2O3/c1-14(2,3)19-13(18)16-12-7-8-15-10-11(12)6-4-5-9-17/h7-8,10,17H,5,9H2,1-3H3,(H,15,16,18). The molecule has 0 saturated carbocycles. The smallest absolute Gasteiger partial charge is 0.412 e. The minimum Gasteiger partial charge on any atom is -0.444 e. The fourth-order valence-electron chi connectivity index (χ4n) is 1.23. The van der Waals surface area contributed by atoms with Crippen LogP contribution in [-0.4, -0.2) is 28.4 Å². The Morgan fingerprint density at radius 2 is 2.26 bits per heavy atom. The molecule has 0 spiro atoms. The summed E-state index contributed by atoms with van der Waals surface area (Å²) in [6, 6.07) is 1.65. The van der Waals surface area contributed by atoms with Crippen molar-refractivity contribution in [2.24, 2.45) is 0 Å². The molecule has 0 aliphatic heterocycles. The van der Waals surface area contributed by atoms with E-state index in [0.717, 1.165) is 0 Å². The van der Waals surface area contributed by atoms with Crippen molar-refractivity contribution in [3.8, 4) is 11.8 Å². The molecular formula is C14H18N2O3. The Morgan fingerprint density at radius 3 is 2.89 bits per heavy atom. The lowest BCUT2D eigenvalue weighted by molar-refractivity contribution is 0.0636. The highest BCUT2D eigenvalue weighted by molar-refractivity contribution is 5.86. The summed E-state index contributed by atoms with van der Waals surface area (Å²) in [4.78, 5) is 15.6. The first kappa shape index (κ1) is 15.0. The van der Waals surface area contributed by atoms with Gasteiger partial charge in [-0.3, -0.25) is 10.3 Å². The molecule has 0 aromatic carbocycles. The second-order valence-corrected chi connectivity index (χ2v) is 4.82. The van der Waals surface area contributed by atoms with Gasteiger partial charge in [0.1, 0.15) is 5.60 Å². The summed E-state index contributed by atoms with van der Waals surface area (Å²) < 4.78 is 5.16. The van der Waals surface area contributed by atoms with Crippen molar-refractivity contribution in [3.05, 3.63) is 24.0 Å². The van der Waals surface area contributed by atoms with E-state index in [0.29, 0.717) is 17.7 Å². The molecule has 1 heterocycles. The van der Waals surface area contributed by atoms with Gasteiger partial charge in [0.05, 0.1) is 17.9 Å². The topological polar surface area (TPSA) is 71.5 Å². The zero-order chi connectivity index (χ0) is 14.3. The highest BCUT2D eigenvalue weighted by Gasteiger charge is 2.16. The molecule has 5 heteroatoms. The van der Waals surface area contributed by atoms with Crippen LogP contribution in [0.25, 0.3) is 0 Å². The number of nitrogens with one attached hydrogen (secondary N) is 1. The summed E-state index contributed by atoms with van der Waals surface area (Å²) >= 11 is 0. The van der Waals surface area contributed by atoms with Gasteiger partial charge < -0.3 is 9.84 Å². The third-order valence-electron chi connectivity index (χ3n) is 1.92. The van der Waals surface area contributed by atoms with Gasteiger partial charge in [0, 0.05) is 18.8 Å². The fraction of sp³-hybridized carbons (Fsp3) is 0.429. The van der Waals surface area contributed by atoms with Crippen molar-refractivity contribution >= 4 is 11.8 Å². The molecule has 0 aliphatic rings. The lowest BCUT2D eigenvalue weighted by atomic mass is 10.2. The monoisotopic (exact) mass is 262 g/mol. The van der Waals surface area contributed by atoms with E-state index in [2.05, 4.69) is 22.1 Å². The molecule has 5 nitrogen and oxygen atoms in total. The van der Waals surface area contributed by atoms with Crippen LogP contribution in [0.4, 0.5) is 10.5 Å². The lowest BCUT2D eigenvalue weighted by Crippen LogP contribution is -2.27. The number of aliphatic hydroxyl groups is 1. The summed E-state index contributed by atoms with van der Waals surface area (Å²) in [5.74, 6) is 5.62. The number of nitrogens with zero attached hydrogens (tertiary/aromatic N) is 1. The van der Waals surface area contributed by atoms with E-state index in [-0.39, 0.29) is 6.61 Å². The molecule has 0 unspecified atom stereocenters. The van der Waals surface area contributed by atoms with Crippen molar-refractivity contribution < 1.29 is 14.6 Å². The van der Waals surface area contributed by atoms with Crippen LogP contribution in [0.5, 0.6) is 0 Å². The first-order chi connectivity index (χ1) is 8.92. The van der Waals surface area contributed by atoms with E-state index in [9.17, 15) is 4.79 Å². The Balaban J connectivity index is 2.79. The zero-order valence-electron chi connectivity index (χ0n) is 11.4. The highest BCUT2D eigenvalue weighted by Crippen LogP contribution is 2.14. The van der Waals surface area contributed by atoms with E-state index in [4.69, 9.17) is 9.84 Å². The van der Waals surface area contributed by atoms with Crippen molar-refractivity contribution in [1.29, 1.82) is 0 Å². The Kier molecular flexibility index (Phi) is 5.34. The molecule has 0 fully saturated rings. The van der Waals surface area contributed by atoms with E-state index < -0.39 is 11.7 Å². The number of carbonyl (C=O) groups is 1. The number of aromatic nitrogens is 1. The maximum atomic E-state index is 11.7. The number of pyridine rings is 1. The Hall–Kier alpha value is -2.06. The SMILES string of the molecule is CC(C)(C)OC(=O)Nc1ccncc1C#CCCO. The van der Waals surface area contributed by atoms with Crippen LogP contribution in [0.1, 0.15) is 32.8 Å². The number of aliphatic hydroxyl groups excluding tert-OH is 1. The Labute approximate surface area is 113 Å². The van der Waals surface area contributed by atoms with E-state index >= 15 is 0 Å². The molecule has 0 bridgehead atoms. The van der Waals surface area contributed by atoms with Gasteiger partial charge in [-0.1, -0.05) is 11.8 Å². The van der Waals surface area contributed by atoms with Crippen molar-refractivity contribution in [2.75, 3.05) is 11.9 Å². The van der Waals surface area contributed by atoms with Crippen molar-refractivity contribution in [2.45, 2.75) is 32.8 Å². The van der Waals surface area contributed by atoms with Gasteiger partial charge >= 0.3 is 6.09 Å². The molecule has 1 rings (SSSR count). The average Bonchev–Trinajstić information content (AvgIpc) is 2.29. The normalized spacial score (nSPS) is 10.3. The van der Waals surface area contributed by atoms with Crippen molar-refractivity contribution in [3.63, 3.8) is 0 Å². The van der Waals surface area contributed by atoms with Gasteiger partial charge in [0.25, 0.3) is 0 Å². The maximum absolute atomic E-state index is 11.7. The van der Waals surface area contributed by atoms with Gasteiger partial charge in [0.15, 0.2) is 0 Å². The third-order valence-corrected chi connectivity index (χ3v) is 1.92. The van der Waals surface area contributed by atoms with E-state index in [1.165, 1.54) is 0 Å². The largest absolute Gasteiger partial charge is 0.444 e. The van der Waals surface area contributed by atoms with Crippen LogP contribution in [0.3, 0.4) is 0 Å². The van der Waals surface area contributed by atoms with Crippen LogP contribution in [-0.2, 0) is 4.74 Å². The summed E-state index contributed by atoms with van der Waals surface area (Å²) in [5, 5.41) is 11.3. The number of carbonyl (C=O) groups excluding carboxylic acids is 1. The summed E-state index contributed by atoms with van der Waals surface area (Å²) in [5.41, 5.74) is 0.566. The number of amides is 1. The van der Waals surface area contributed by atoms with Crippen LogP contribution in [0, 0.1) is 11.8 Å². The fourth-order valence-corrected chi connectivity index (χ4v) is 1.23. The second-order valence-electron chi connectivity index (χ2n) is 4.82. The molecule has 2 N–H and O–H groups in total. The average molecular weight is 262 g/mol.